The van der Waals surface area contributed by atoms with E-state index >= 15 is 0 Å². The number of halogens is 2. The molecule has 3 rings (SSSR count). The Balaban J connectivity index is 1.67. The van der Waals surface area contributed by atoms with Crippen LogP contribution in [-0.4, -0.2) is 32.3 Å². The van der Waals surface area contributed by atoms with Crippen molar-refractivity contribution in [3.63, 3.8) is 0 Å². The Kier molecular flexibility index (Phi) is 8.40. The molecule has 2 amide bonds. The third-order valence-electron chi connectivity index (χ3n) is 4.95. The molecule has 1 heterocycles. The van der Waals surface area contributed by atoms with Gasteiger partial charge >= 0.3 is 0 Å². The lowest BCUT2D eigenvalue weighted by atomic mass is 10.0. The number of hydrogen-bond donors (Lipinski definition) is 2. The van der Waals surface area contributed by atoms with E-state index in [2.05, 4.69) is 20.8 Å². The van der Waals surface area contributed by atoms with E-state index in [4.69, 9.17) is 23.2 Å². The predicted molar refractivity (Wildman–Crippen MR) is 133 cm³/mol. The number of carbonyl (C=O) groups excluding carboxylic acids is 2. The largest absolute Gasteiger partial charge is 0.342 e. The van der Waals surface area contributed by atoms with Gasteiger partial charge in [0.15, 0.2) is 11.0 Å². The van der Waals surface area contributed by atoms with Crippen LogP contribution in [0.2, 0.25) is 10.0 Å². The van der Waals surface area contributed by atoms with E-state index in [-0.39, 0.29) is 29.5 Å². The predicted octanol–water partition coefficient (Wildman–Crippen LogP) is 5.29. The fourth-order valence-electron chi connectivity index (χ4n) is 3.08. The number of amides is 2. The number of thioether (sulfide) groups is 1. The molecule has 0 aliphatic carbocycles. The van der Waals surface area contributed by atoms with E-state index in [9.17, 15) is 9.59 Å². The molecule has 2 N–H and O–H groups in total. The molecule has 3 aromatic rings. The highest BCUT2D eigenvalue weighted by atomic mass is 35.5. The normalized spacial score (nSPS) is 12.0. The zero-order valence-corrected chi connectivity index (χ0v) is 21.1. The van der Waals surface area contributed by atoms with Gasteiger partial charge < -0.3 is 15.2 Å². The summed E-state index contributed by atoms with van der Waals surface area (Å²) < 4.78 is 1.80. The van der Waals surface area contributed by atoms with Gasteiger partial charge in [0.05, 0.1) is 21.8 Å². The standard InChI is InChI=1S/C23H25Cl2N5O2S/c1-13(2)20(27-22(32)15-7-10-17(24)18(25)11-15)21-28-29-23(30(21)4)33-12-19(31)26-16-8-5-14(3)6-9-16/h5-11,13,20H,12H2,1-4H3,(H,26,31)(H,27,32)/t20-/m1/s1. The maximum Gasteiger partial charge on any atom is 0.251 e. The van der Waals surface area contributed by atoms with Gasteiger partial charge in [-0.05, 0) is 43.2 Å². The number of carbonyl (C=O) groups is 2. The van der Waals surface area contributed by atoms with Gasteiger partial charge in [-0.3, -0.25) is 9.59 Å². The average Bonchev–Trinajstić information content (AvgIpc) is 3.13. The van der Waals surface area contributed by atoms with Crippen molar-refractivity contribution >= 4 is 52.5 Å². The third kappa shape index (κ3) is 6.50. The number of anilines is 1. The molecular formula is C23H25Cl2N5O2S. The lowest BCUT2D eigenvalue weighted by molar-refractivity contribution is -0.113. The number of nitrogens with zero attached hydrogens (tertiary/aromatic N) is 3. The molecule has 1 aromatic heterocycles. The van der Waals surface area contributed by atoms with Gasteiger partial charge in [0.25, 0.3) is 5.91 Å². The Morgan fingerprint density at radius 3 is 2.39 bits per heavy atom. The van der Waals surface area contributed by atoms with Gasteiger partial charge in [-0.2, -0.15) is 0 Å². The highest BCUT2D eigenvalue weighted by Gasteiger charge is 2.25. The number of aromatic nitrogens is 3. The van der Waals surface area contributed by atoms with Crippen LogP contribution >= 0.6 is 35.0 Å². The van der Waals surface area contributed by atoms with Crippen molar-refractivity contribution in [2.24, 2.45) is 13.0 Å². The first-order valence-corrected chi connectivity index (χ1v) is 12.0. The Morgan fingerprint density at radius 2 is 1.76 bits per heavy atom. The summed E-state index contributed by atoms with van der Waals surface area (Å²) in [7, 11) is 1.82. The highest BCUT2D eigenvalue weighted by molar-refractivity contribution is 7.99. The van der Waals surface area contributed by atoms with Gasteiger partial charge in [0, 0.05) is 18.3 Å². The Hall–Kier alpha value is -2.55. The van der Waals surface area contributed by atoms with Crippen LogP contribution in [0, 0.1) is 12.8 Å². The number of hydrogen-bond acceptors (Lipinski definition) is 5. The summed E-state index contributed by atoms with van der Waals surface area (Å²) in [5.74, 6) is 0.396. The van der Waals surface area contributed by atoms with Crippen LogP contribution in [-0.2, 0) is 11.8 Å². The number of rotatable bonds is 8. The Bertz CT molecular complexity index is 1150. The molecule has 0 aliphatic rings. The van der Waals surface area contributed by atoms with Crippen molar-refractivity contribution in [3.8, 4) is 0 Å². The molecule has 0 spiro atoms. The van der Waals surface area contributed by atoms with Crippen LogP contribution in [0.15, 0.2) is 47.6 Å². The van der Waals surface area contributed by atoms with Gasteiger partial charge in [-0.25, -0.2) is 0 Å². The van der Waals surface area contributed by atoms with Gasteiger partial charge in [-0.15, -0.1) is 10.2 Å². The first-order chi connectivity index (χ1) is 15.7. The lowest BCUT2D eigenvalue weighted by Gasteiger charge is -2.22. The molecule has 0 radical (unpaired) electrons. The molecule has 33 heavy (non-hydrogen) atoms. The first-order valence-electron chi connectivity index (χ1n) is 10.3. The molecule has 10 heteroatoms. The molecule has 0 fully saturated rings. The molecule has 0 unspecified atom stereocenters. The van der Waals surface area contributed by atoms with Crippen LogP contribution in [0.1, 0.15) is 41.6 Å². The van der Waals surface area contributed by atoms with Crippen molar-refractivity contribution in [3.05, 3.63) is 69.5 Å². The van der Waals surface area contributed by atoms with E-state index < -0.39 is 0 Å². The van der Waals surface area contributed by atoms with Crippen LogP contribution in [0.25, 0.3) is 0 Å². The average molecular weight is 506 g/mol. The molecule has 0 saturated heterocycles. The summed E-state index contributed by atoms with van der Waals surface area (Å²) >= 11 is 13.3. The van der Waals surface area contributed by atoms with E-state index in [1.54, 1.807) is 16.7 Å². The fraction of sp³-hybridized carbons (Fsp3) is 0.304. The molecule has 0 saturated carbocycles. The van der Waals surface area contributed by atoms with Crippen LogP contribution < -0.4 is 10.6 Å². The Labute approximate surface area is 207 Å². The molecule has 0 aliphatic heterocycles. The third-order valence-corrected chi connectivity index (χ3v) is 6.71. The number of benzene rings is 2. The quantitative estimate of drug-likeness (QED) is 0.406. The molecular weight excluding hydrogens is 481 g/mol. The van der Waals surface area contributed by atoms with E-state index in [0.29, 0.717) is 26.6 Å². The molecule has 1 atom stereocenters. The zero-order chi connectivity index (χ0) is 24.1. The summed E-state index contributed by atoms with van der Waals surface area (Å²) in [4.78, 5) is 25.1. The van der Waals surface area contributed by atoms with Gasteiger partial charge in [0.1, 0.15) is 0 Å². The summed E-state index contributed by atoms with van der Waals surface area (Å²) in [6.07, 6.45) is 0. The van der Waals surface area contributed by atoms with Crippen LogP contribution in [0.5, 0.6) is 0 Å². The van der Waals surface area contributed by atoms with Crippen molar-refractivity contribution in [2.45, 2.75) is 32.0 Å². The highest BCUT2D eigenvalue weighted by Crippen LogP contribution is 2.26. The van der Waals surface area contributed by atoms with E-state index in [1.807, 2.05) is 52.1 Å². The minimum absolute atomic E-state index is 0.0438. The van der Waals surface area contributed by atoms with Crippen molar-refractivity contribution in [1.82, 2.24) is 20.1 Å². The fourth-order valence-corrected chi connectivity index (χ4v) is 4.09. The summed E-state index contributed by atoms with van der Waals surface area (Å²) in [5.41, 5.74) is 2.27. The second-order valence-corrected chi connectivity index (χ2v) is 9.68. The monoisotopic (exact) mass is 505 g/mol. The second kappa shape index (κ2) is 11.0. The molecule has 0 bridgehead atoms. The summed E-state index contributed by atoms with van der Waals surface area (Å²) in [6, 6.07) is 11.9. The smallest absolute Gasteiger partial charge is 0.251 e. The van der Waals surface area contributed by atoms with Crippen molar-refractivity contribution < 1.29 is 9.59 Å². The van der Waals surface area contributed by atoms with Gasteiger partial charge in [0.2, 0.25) is 5.91 Å². The lowest BCUT2D eigenvalue weighted by Crippen LogP contribution is -2.33. The maximum absolute atomic E-state index is 12.8. The maximum atomic E-state index is 12.8. The zero-order valence-electron chi connectivity index (χ0n) is 18.7. The Morgan fingerprint density at radius 1 is 1.06 bits per heavy atom. The summed E-state index contributed by atoms with van der Waals surface area (Å²) in [5, 5.41) is 15.6. The van der Waals surface area contributed by atoms with Gasteiger partial charge in [-0.1, -0.05) is 66.5 Å². The van der Waals surface area contributed by atoms with Crippen molar-refractivity contribution in [1.29, 1.82) is 0 Å². The topological polar surface area (TPSA) is 88.9 Å². The van der Waals surface area contributed by atoms with Crippen LogP contribution in [0.4, 0.5) is 5.69 Å². The van der Waals surface area contributed by atoms with Crippen LogP contribution in [0.3, 0.4) is 0 Å². The SMILES string of the molecule is Cc1ccc(NC(=O)CSc2nnc([C@H](NC(=O)c3ccc(Cl)c(Cl)c3)C(C)C)n2C)cc1. The van der Waals surface area contributed by atoms with Crippen molar-refractivity contribution in [2.75, 3.05) is 11.1 Å². The molecule has 174 valence electrons. The number of aryl methyl sites for hydroxylation is 1. The number of nitrogens with one attached hydrogen (secondary N) is 2. The minimum atomic E-state index is -0.389. The summed E-state index contributed by atoms with van der Waals surface area (Å²) in [6.45, 7) is 5.96. The molecule has 2 aromatic carbocycles. The second-order valence-electron chi connectivity index (χ2n) is 7.93. The van der Waals surface area contributed by atoms with E-state index in [0.717, 1.165) is 11.3 Å². The van der Waals surface area contributed by atoms with E-state index in [1.165, 1.54) is 17.8 Å². The first kappa shape index (κ1) is 25.1. The minimum Gasteiger partial charge on any atom is -0.342 e. The molecule has 7 nitrogen and oxygen atoms in total.